The minimum atomic E-state index is -0.343. The van der Waals surface area contributed by atoms with Crippen molar-refractivity contribution in [2.24, 2.45) is 0 Å². The van der Waals surface area contributed by atoms with Gasteiger partial charge in [-0.25, -0.2) is 0 Å². The highest BCUT2D eigenvalue weighted by molar-refractivity contribution is 6.21. The van der Waals surface area contributed by atoms with Gasteiger partial charge in [0, 0.05) is 0 Å². The molecule has 2 unspecified atom stereocenters. The van der Waals surface area contributed by atoms with E-state index in [-0.39, 0.29) is 11.5 Å². The van der Waals surface area contributed by atoms with Gasteiger partial charge in [-0.05, 0) is 26.2 Å². The number of unbranched alkanes of at least 4 members (excludes halogenated alkanes) is 1. The number of allylic oxidation sites excluding steroid dienone is 2. The summed E-state index contributed by atoms with van der Waals surface area (Å²) in [6.45, 7) is 4.12. The summed E-state index contributed by atoms with van der Waals surface area (Å²) in [5, 5.41) is 9.54. The predicted molar refractivity (Wildman–Crippen MR) is 59.2 cm³/mol. The second-order valence-electron chi connectivity index (χ2n) is 3.37. The minimum absolute atomic E-state index is 0.0646. The summed E-state index contributed by atoms with van der Waals surface area (Å²) in [5.74, 6) is 0. The first kappa shape index (κ1) is 13.0. The van der Waals surface area contributed by atoms with Crippen molar-refractivity contribution in [3.05, 3.63) is 12.2 Å². The van der Waals surface area contributed by atoms with Crippen LogP contribution in [0, 0.1) is 0 Å². The van der Waals surface area contributed by atoms with Gasteiger partial charge in [0.05, 0.1) is 11.5 Å². The summed E-state index contributed by atoms with van der Waals surface area (Å²) >= 11 is 6.01. The van der Waals surface area contributed by atoms with Gasteiger partial charge in [-0.2, -0.15) is 0 Å². The van der Waals surface area contributed by atoms with Crippen LogP contribution in [0.5, 0.6) is 0 Å². The highest BCUT2D eigenvalue weighted by Crippen LogP contribution is 2.15. The Balaban J connectivity index is 3.49. The number of halogens is 1. The molecule has 0 rings (SSSR count). The number of hydrogen-bond donors (Lipinski definition) is 1. The van der Waals surface area contributed by atoms with E-state index < -0.39 is 0 Å². The van der Waals surface area contributed by atoms with Gasteiger partial charge in [0.15, 0.2) is 0 Å². The van der Waals surface area contributed by atoms with Gasteiger partial charge >= 0.3 is 0 Å². The third kappa shape index (κ3) is 7.09. The van der Waals surface area contributed by atoms with Crippen molar-refractivity contribution in [3.63, 3.8) is 0 Å². The van der Waals surface area contributed by atoms with Crippen LogP contribution in [0.1, 0.15) is 46.0 Å². The van der Waals surface area contributed by atoms with E-state index >= 15 is 0 Å². The monoisotopic (exact) mass is 204 g/mol. The van der Waals surface area contributed by atoms with Crippen molar-refractivity contribution in [2.45, 2.75) is 57.4 Å². The third-order valence-corrected chi connectivity index (χ3v) is 2.62. The van der Waals surface area contributed by atoms with E-state index in [9.17, 15) is 5.11 Å². The zero-order chi connectivity index (χ0) is 10.1. The second kappa shape index (κ2) is 8.58. The average Bonchev–Trinajstić information content (AvgIpc) is 2.14. The average molecular weight is 205 g/mol. The van der Waals surface area contributed by atoms with Crippen LogP contribution in [0.15, 0.2) is 12.2 Å². The molecule has 0 aromatic carbocycles. The largest absolute Gasteiger partial charge is 0.392 e. The fraction of sp³-hybridized carbons (Fsp3) is 0.818. The number of aliphatic hydroxyl groups is 1. The van der Waals surface area contributed by atoms with E-state index in [2.05, 4.69) is 13.0 Å². The molecule has 0 saturated carbocycles. The lowest BCUT2D eigenvalue weighted by molar-refractivity contribution is 0.156. The Kier molecular flexibility index (Phi) is 8.58. The van der Waals surface area contributed by atoms with Gasteiger partial charge in [-0.3, -0.25) is 0 Å². The first-order valence-electron chi connectivity index (χ1n) is 5.15. The van der Waals surface area contributed by atoms with Crippen LogP contribution in [0.4, 0.5) is 0 Å². The fourth-order valence-electron chi connectivity index (χ4n) is 1.21. The molecular formula is C11H21ClO. The van der Waals surface area contributed by atoms with Crippen LogP contribution in [0.3, 0.4) is 0 Å². The lowest BCUT2D eigenvalue weighted by Crippen LogP contribution is -2.20. The molecule has 0 saturated heterocycles. The molecule has 0 fully saturated rings. The molecule has 1 N–H and O–H groups in total. The van der Waals surface area contributed by atoms with Gasteiger partial charge in [-0.1, -0.05) is 31.9 Å². The molecule has 1 nitrogen and oxygen atoms in total. The maximum Gasteiger partial charge on any atom is 0.0706 e. The van der Waals surface area contributed by atoms with E-state index in [0.717, 1.165) is 32.1 Å². The smallest absolute Gasteiger partial charge is 0.0706 e. The predicted octanol–water partition coefficient (Wildman–Crippen LogP) is 3.50. The first-order chi connectivity index (χ1) is 6.22. The Morgan fingerprint density at radius 2 is 2.08 bits per heavy atom. The third-order valence-electron chi connectivity index (χ3n) is 2.12. The molecule has 0 aromatic heterocycles. The van der Waals surface area contributed by atoms with Crippen molar-refractivity contribution in [1.82, 2.24) is 0 Å². The highest BCUT2D eigenvalue weighted by atomic mass is 35.5. The molecule has 2 heteroatoms. The van der Waals surface area contributed by atoms with E-state index in [4.69, 9.17) is 11.6 Å². The summed E-state index contributed by atoms with van der Waals surface area (Å²) < 4.78 is 0. The van der Waals surface area contributed by atoms with Crippen LogP contribution < -0.4 is 0 Å². The van der Waals surface area contributed by atoms with Gasteiger partial charge < -0.3 is 5.11 Å². The van der Waals surface area contributed by atoms with Crippen LogP contribution in [0.25, 0.3) is 0 Å². The maximum atomic E-state index is 9.61. The van der Waals surface area contributed by atoms with Crippen LogP contribution in [0.2, 0.25) is 0 Å². The summed E-state index contributed by atoms with van der Waals surface area (Å²) in [6.07, 6.45) is 8.60. The summed E-state index contributed by atoms with van der Waals surface area (Å²) in [4.78, 5) is 0. The Morgan fingerprint density at radius 3 is 2.62 bits per heavy atom. The Bertz CT molecular complexity index is 134. The lowest BCUT2D eigenvalue weighted by atomic mass is 10.1. The van der Waals surface area contributed by atoms with Crippen LogP contribution >= 0.6 is 11.6 Å². The van der Waals surface area contributed by atoms with E-state index in [1.165, 1.54) is 0 Å². The molecule has 78 valence electrons. The van der Waals surface area contributed by atoms with Crippen molar-refractivity contribution < 1.29 is 5.11 Å². The van der Waals surface area contributed by atoms with Gasteiger partial charge in [0.2, 0.25) is 0 Å². The molecule has 0 amide bonds. The molecule has 2 atom stereocenters. The molecule has 0 aromatic rings. The van der Waals surface area contributed by atoms with Gasteiger partial charge in [0.25, 0.3) is 0 Å². The van der Waals surface area contributed by atoms with E-state index in [1.54, 1.807) is 0 Å². The normalized spacial score (nSPS) is 16.3. The minimum Gasteiger partial charge on any atom is -0.392 e. The zero-order valence-corrected chi connectivity index (χ0v) is 9.43. The van der Waals surface area contributed by atoms with E-state index in [0.29, 0.717) is 0 Å². The summed E-state index contributed by atoms with van der Waals surface area (Å²) in [5.41, 5.74) is 0. The molecule has 0 spiro atoms. The summed E-state index contributed by atoms with van der Waals surface area (Å²) in [6, 6.07) is 0. The molecular weight excluding hydrogens is 184 g/mol. The van der Waals surface area contributed by atoms with Crippen molar-refractivity contribution in [1.29, 1.82) is 0 Å². The number of rotatable bonds is 7. The number of aliphatic hydroxyl groups excluding tert-OH is 1. The molecule has 0 aliphatic carbocycles. The molecule has 0 heterocycles. The second-order valence-corrected chi connectivity index (χ2v) is 3.93. The summed E-state index contributed by atoms with van der Waals surface area (Å²) in [7, 11) is 0. The highest BCUT2D eigenvalue weighted by Gasteiger charge is 2.14. The van der Waals surface area contributed by atoms with Gasteiger partial charge in [-0.15, -0.1) is 11.6 Å². The van der Waals surface area contributed by atoms with Crippen molar-refractivity contribution in [3.8, 4) is 0 Å². The van der Waals surface area contributed by atoms with Gasteiger partial charge in [0.1, 0.15) is 0 Å². The maximum absolute atomic E-state index is 9.61. The number of alkyl halides is 1. The van der Waals surface area contributed by atoms with Crippen LogP contribution in [-0.4, -0.2) is 16.6 Å². The fourth-order valence-corrected chi connectivity index (χ4v) is 1.49. The molecule has 13 heavy (non-hydrogen) atoms. The number of hydrogen-bond acceptors (Lipinski definition) is 1. The van der Waals surface area contributed by atoms with Crippen molar-refractivity contribution in [2.75, 3.05) is 0 Å². The molecule has 0 aliphatic rings. The lowest BCUT2D eigenvalue weighted by Gasteiger charge is -2.15. The Morgan fingerprint density at radius 1 is 1.38 bits per heavy atom. The Labute approximate surface area is 86.8 Å². The Hall–Kier alpha value is -0.0100. The molecule has 0 aliphatic heterocycles. The molecule has 0 radical (unpaired) electrons. The SMILES string of the molecule is C/C=C\CCC(O)C(Cl)CCCC. The standard InChI is InChI=1S/C11H21ClO/c1-3-5-7-9-11(13)10(12)8-6-4-2/h3,5,10-11,13H,4,6-9H2,1-2H3/b5-3-. The first-order valence-corrected chi connectivity index (χ1v) is 5.59. The van der Waals surface area contributed by atoms with E-state index in [1.807, 2.05) is 13.0 Å². The quantitative estimate of drug-likeness (QED) is 0.497. The molecule has 0 bridgehead atoms. The zero-order valence-electron chi connectivity index (χ0n) is 8.67. The topological polar surface area (TPSA) is 20.2 Å². The van der Waals surface area contributed by atoms with Crippen molar-refractivity contribution >= 4 is 11.6 Å². The van der Waals surface area contributed by atoms with Crippen LogP contribution in [-0.2, 0) is 0 Å².